The average Bonchev–Trinajstić information content (AvgIpc) is 3.08. The molecule has 3 aromatic rings. The Morgan fingerprint density at radius 3 is 2.49 bits per heavy atom. The van der Waals surface area contributed by atoms with Crippen molar-refractivity contribution in [2.75, 3.05) is 11.9 Å². The third-order valence-corrected chi connectivity index (χ3v) is 7.05. The Hall–Kier alpha value is -3.98. The third kappa shape index (κ3) is 7.04. The number of aryl methyl sites for hydroxylation is 1. The number of benzene rings is 2. The molecule has 0 radical (unpaired) electrons. The Bertz CT molecular complexity index is 1270. The van der Waals surface area contributed by atoms with Gasteiger partial charge in [0, 0.05) is 4.88 Å². The summed E-state index contributed by atoms with van der Waals surface area (Å²) in [7, 11) is 0. The van der Waals surface area contributed by atoms with Gasteiger partial charge in [-0.25, -0.2) is 10.2 Å². The maximum Gasteiger partial charge on any atom is 0.341 e. The van der Waals surface area contributed by atoms with Crippen LogP contribution in [0, 0.1) is 0 Å². The van der Waals surface area contributed by atoms with Crippen molar-refractivity contribution in [2.45, 2.75) is 45.6 Å². The van der Waals surface area contributed by atoms with Crippen molar-refractivity contribution >= 4 is 40.3 Å². The van der Waals surface area contributed by atoms with Gasteiger partial charge in [-0.2, -0.15) is 5.10 Å². The van der Waals surface area contributed by atoms with Gasteiger partial charge in [0.05, 0.1) is 18.4 Å². The van der Waals surface area contributed by atoms with Crippen LogP contribution in [0.4, 0.5) is 5.00 Å². The first kappa shape index (κ1) is 26.1. The number of nitrogens with one attached hydrogen (secondary N) is 2. The van der Waals surface area contributed by atoms with E-state index in [9.17, 15) is 14.4 Å². The van der Waals surface area contributed by atoms with Crippen molar-refractivity contribution in [3.63, 3.8) is 0 Å². The maximum atomic E-state index is 12.6. The van der Waals surface area contributed by atoms with Gasteiger partial charge in [0.1, 0.15) is 17.4 Å². The first-order valence-electron chi connectivity index (χ1n) is 12.3. The molecule has 37 heavy (non-hydrogen) atoms. The molecule has 0 bridgehead atoms. The Labute approximate surface area is 219 Å². The van der Waals surface area contributed by atoms with Crippen LogP contribution >= 0.6 is 11.3 Å². The number of hydrazone groups is 1. The number of fused-ring (bicyclic) bond motifs is 1. The second kappa shape index (κ2) is 12.8. The van der Waals surface area contributed by atoms with Gasteiger partial charge in [0.2, 0.25) is 0 Å². The standard InChI is InChI=1S/C28H29N3O5S/c1-2-35-28(34)24-22-11-7-4-8-12-23(22)37-27(24)30-25(32)26(33)31-29-17-19-13-15-21(16-14-19)36-18-20-9-5-3-6-10-20/h3,5-6,9-10,13-17H,2,4,7-8,11-12,18H2,1H3,(H,30,32)(H,31,33)/b29-17+. The fourth-order valence-electron chi connectivity index (χ4n) is 4.02. The van der Waals surface area contributed by atoms with Crippen LogP contribution in [0.1, 0.15) is 58.1 Å². The number of esters is 1. The summed E-state index contributed by atoms with van der Waals surface area (Å²) in [4.78, 5) is 38.6. The summed E-state index contributed by atoms with van der Waals surface area (Å²) in [6.45, 7) is 2.43. The highest BCUT2D eigenvalue weighted by molar-refractivity contribution is 7.17. The number of thiophene rings is 1. The zero-order chi connectivity index (χ0) is 26.0. The number of hydrogen-bond donors (Lipinski definition) is 2. The Kier molecular flexibility index (Phi) is 9.04. The molecule has 1 aliphatic carbocycles. The molecule has 0 saturated heterocycles. The van der Waals surface area contributed by atoms with Crippen molar-refractivity contribution in [1.29, 1.82) is 0 Å². The number of amides is 2. The minimum atomic E-state index is -0.933. The Morgan fingerprint density at radius 1 is 0.973 bits per heavy atom. The van der Waals surface area contributed by atoms with E-state index in [4.69, 9.17) is 9.47 Å². The maximum absolute atomic E-state index is 12.6. The van der Waals surface area contributed by atoms with Crippen LogP contribution in [0.2, 0.25) is 0 Å². The van der Waals surface area contributed by atoms with Crippen molar-refractivity contribution in [1.82, 2.24) is 5.43 Å². The molecule has 1 aromatic heterocycles. The zero-order valence-electron chi connectivity index (χ0n) is 20.6. The van der Waals surface area contributed by atoms with Crippen molar-refractivity contribution in [3.05, 3.63) is 81.7 Å². The lowest BCUT2D eigenvalue weighted by molar-refractivity contribution is -0.136. The molecule has 0 saturated carbocycles. The van der Waals surface area contributed by atoms with E-state index >= 15 is 0 Å². The lowest BCUT2D eigenvalue weighted by Crippen LogP contribution is -2.32. The fraction of sp³-hybridized carbons (Fsp3) is 0.286. The van der Waals surface area contributed by atoms with E-state index in [1.807, 2.05) is 30.3 Å². The highest BCUT2D eigenvalue weighted by Crippen LogP contribution is 2.38. The number of carbonyl (C=O) groups is 3. The Morgan fingerprint density at radius 2 is 1.73 bits per heavy atom. The molecule has 2 amide bonds. The molecule has 0 aliphatic heterocycles. The molecule has 0 spiro atoms. The van der Waals surface area contributed by atoms with Crippen LogP contribution < -0.4 is 15.5 Å². The predicted molar refractivity (Wildman–Crippen MR) is 143 cm³/mol. The molecule has 0 unspecified atom stereocenters. The SMILES string of the molecule is CCOC(=O)c1c(NC(=O)C(=O)N/N=C/c2ccc(OCc3ccccc3)cc2)sc2c1CCCCC2. The molecule has 8 nitrogen and oxygen atoms in total. The monoisotopic (exact) mass is 519 g/mol. The van der Waals surface area contributed by atoms with E-state index in [-0.39, 0.29) is 6.61 Å². The van der Waals surface area contributed by atoms with Crippen molar-refractivity contribution in [3.8, 4) is 5.75 Å². The third-order valence-electron chi connectivity index (χ3n) is 5.84. The largest absolute Gasteiger partial charge is 0.489 e. The minimum absolute atomic E-state index is 0.228. The molecule has 0 atom stereocenters. The van der Waals surface area contributed by atoms with Crippen LogP contribution in [0.3, 0.4) is 0 Å². The number of carbonyl (C=O) groups excluding carboxylic acids is 3. The van der Waals surface area contributed by atoms with Crippen LogP contribution in [-0.4, -0.2) is 30.6 Å². The smallest absolute Gasteiger partial charge is 0.341 e. The van der Waals surface area contributed by atoms with Crippen LogP contribution in [0.25, 0.3) is 0 Å². The van der Waals surface area contributed by atoms with Crippen LogP contribution in [0.15, 0.2) is 59.7 Å². The first-order chi connectivity index (χ1) is 18.0. The van der Waals surface area contributed by atoms with Crippen LogP contribution in [0.5, 0.6) is 5.75 Å². The van der Waals surface area contributed by atoms with Gasteiger partial charge in [0.15, 0.2) is 0 Å². The topological polar surface area (TPSA) is 106 Å². The summed E-state index contributed by atoms with van der Waals surface area (Å²) in [5, 5.41) is 6.81. The van der Waals surface area contributed by atoms with E-state index in [1.165, 1.54) is 17.6 Å². The van der Waals surface area contributed by atoms with Gasteiger partial charge < -0.3 is 14.8 Å². The molecule has 192 valence electrons. The number of nitrogens with zero attached hydrogens (tertiary/aromatic N) is 1. The molecule has 1 aliphatic rings. The van der Waals surface area contributed by atoms with E-state index in [2.05, 4.69) is 15.8 Å². The second-order valence-corrected chi connectivity index (χ2v) is 9.59. The zero-order valence-corrected chi connectivity index (χ0v) is 21.4. The van der Waals surface area contributed by atoms with Crippen LogP contribution in [-0.2, 0) is 33.8 Å². The number of ether oxygens (including phenoxy) is 2. The molecular formula is C28H29N3O5S. The summed E-state index contributed by atoms with van der Waals surface area (Å²) in [6.07, 6.45) is 6.12. The molecule has 9 heteroatoms. The molecule has 2 N–H and O–H groups in total. The van der Waals surface area contributed by atoms with Gasteiger partial charge in [-0.3, -0.25) is 9.59 Å². The van der Waals surface area contributed by atoms with Gasteiger partial charge in [-0.05, 0) is 73.6 Å². The van der Waals surface area contributed by atoms with E-state index in [0.717, 1.165) is 53.7 Å². The number of hydrogen-bond acceptors (Lipinski definition) is 7. The minimum Gasteiger partial charge on any atom is -0.489 e. The van der Waals surface area contributed by atoms with Gasteiger partial charge in [-0.15, -0.1) is 11.3 Å². The van der Waals surface area contributed by atoms with E-state index in [1.54, 1.807) is 31.2 Å². The van der Waals surface area contributed by atoms with E-state index in [0.29, 0.717) is 22.9 Å². The summed E-state index contributed by atoms with van der Waals surface area (Å²) in [5.41, 5.74) is 5.31. The quantitative estimate of drug-likeness (QED) is 0.145. The van der Waals surface area contributed by atoms with Crippen molar-refractivity contribution < 1.29 is 23.9 Å². The summed E-state index contributed by atoms with van der Waals surface area (Å²) in [6, 6.07) is 17.0. The van der Waals surface area contributed by atoms with Gasteiger partial charge in [0.25, 0.3) is 0 Å². The van der Waals surface area contributed by atoms with Crippen molar-refractivity contribution in [2.24, 2.45) is 5.10 Å². The number of rotatable bonds is 8. The highest BCUT2D eigenvalue weighted by Gasteiger charge is 2.27. The lowest BCUT2D eigenvalue weighted by atomic mass is 10.1. The highest BCUT2D eigenvalue weighted by atomic mass is 32.1. The number of anilines is 1. The molecule has 1 heterocycles. The predicted octanol–water partition coefficient (Wildman–Crippen LogP) is 4.86. The molecule has 4 rings (SSSR count). The summed E-state index contributed by atoms with van der Waals surface area (Å²) in [5.74, 6) is -1.61. The van der Waals surface area contributed by atoms with Gasteiger partial charge in [-0.1, -0.05) is 36.8 Å². The molecule has 2 aromatic carbocycles. The first-order valence-corrected chi connectivity index (χ1v) is 13.1. The van der Waals surface area contributed by atoms with E-state index < -0.39 is 17.8 Å². The fourth-order valence-corrected chi connectivity index (χ4v) is 5.29. The van der Waals surface area contributed by atoms with Gasteiger partial charge >= 0.3 is 17.8 Å². The molecule has 0 fully saturated rings. The second-order valence-electron chi connectivity index (χ2n) is 8.49. The summed E-state index contributed by atoms with van der Waals surface area (Å²) < 4.78 is 11.0. The normalized spacial score (nSPS) is 12.9. The summed E-state index contributed by atoms with van der Waals surface area (Å²) >= 11 is 1.34. The lowest BCUT2D eigenvalue weighted by Gasteiger charge is -2.08. The molecular weight excluding hydrogens is 490 g/mol. The Balaban J connectivity index is 1.33. The average molecular weight is 520 g/mol.